The molecule has 0 aromatic rings. The molecule has 0 bridgehead atoms. The second-order valence-electron chi connectivity index (χ2n) is 5.85. The molecule has 0 saturated heterocycles. The highest BCUT2D eigenvalue weighted by Crippen LogP contribution is 2.28. The van der Waals surface area contributed by atoms with E-state index in [1.807, 2.05) is 0 Å². The van der Waals surface area contributed by atoms with Crippen molar-refractivity contribution in [3.63, 3.8) is 0 Å². The van der Waals surface area contributed by atoms with Gasteiger partial charge in [-0.05, 0) is 11.3 Å². The van der Waals surface area contributed by atoms with Crippen molar-refractivity contribution in [3.05, 3.63) is 12.2 Å². The van der Waals surface area contributed by atoms with E-state index in [0.717, 1.165) is 0 Å². The summed E-state index contributed by atoms with van der Waals surface area (Å²) in [5, 5.41) is 3.60. The molecule has 1 nitrogen and oxygen atoms in total. The fourth-order valence-corrected chi connectivity index (χ4v) is 1.58. The molecule has 0 aromatic heterocycles. The van der Waals surface area contributed by atoms with Crippen molar-refractivity contribution < 1.29 is 0 Å². The highest BCUT2D eigenvalue weighted by Gasteiger charge is 2.28. The highest BCUT2D eigenvalue weighted by atomic mass is 15.0. The van der Waals surface area contributed by atoms with Crippen molar-refractivity contribution in [1.29, 1.82) is 0 Å². The molecule has 0 saturated carbocycles. The van der Waals surface area contributed by atoms with Crippen LogP contribution in [0.2, 0.25) is 0 Å². The van der Waals surface area contributed by atoms with Crippen LogP contribution in [-0.4, -0.2) is 12.1 Å². The Morgan fingerprint density at radius 3 is 1.71 bits per heavy atom. The summed E-state index contributed by atoms with van der Waals surface area (Å²) in [6, 6.07) is 0.914. The Labute approximate surface area is 90.0 Å². The van der Waals surface area contributed by atoms with Gasteiger partial charge in [-0.25, -0.2) is 0 Å². The van der Waals surface area contributed by atoms with Crippen LogP contribution >= 0.6 is 0 Å². The zero-order valence-electron chi connectivity index (χ0n) is 10.9. The van der Waals surface area contributed by atoms with E-state index in [1.165, 1.54) is 5.57 Å². The third kappa shape index (κ3) is 4.28. The summed E-state index contributed by atoms with van der Waals surface area (Å²) < 4.78 is 0. The van der Waals surface area contributed by atoms with Crippen molar-refractivity contribution in [2.24, 2.45) is 11.3 Å². The van der Waals surface area contributed by atoms with Crippen LogP contribution in [0.4, 0.5) is 0 Å². The molecular formula is C13H27N. The third-order valence-corrected chi connectivity index (χ3v) is 2.48. The predicted molar refractivity (Wildman–Crippen MR) is 65.5 cm³/mol. The van der Waals surface area contributed by atoms with E-state index in [0.29, 0.717) is 18.0 Å². The van der Waals surface area contributed by atoms with E-state index < -0.39 is 0 Å². The number of hydrogen-bond acceptors (Lipinski definition) is 1. The van der Waals surface area contributed by atoms with E-state index >= 15 is 0 Å². The minimum Gasteiger partial charge on any atom is -0.308 e. The van der Waals surface area contributed by atoms with Gasteiger partial charge >= 0.3 is 0 Å². The van der Waals surface area contributed by atoms with E-state index in [-0.39, 0.29) is 5.41 Å². The van der Waals surface area contributed by atoms with Crippen LogP contribution in [0.1, 0.15) is 48.5 Å². The van der Waals surface area contributed by atoms with Crippen molar-refractivity contribution in [2.75, 3.05) is 0 Å². The molecule has 0 heterocycles. The molecule has 0 aromatic carbocycles. The molecule has 0 aliphatic heterocycles. The number of rotatable bonds is 4. The second kappa shape index (κ2) is 4.97. The maximum Gasteiger partial charge on any atom is 0.0330 e. The van der Waals surface area contributed by atoms with Crippen LogP contribution in [-0.2, 0) is 0 Å². The van der Waals surface area contributed by atoms with Gasteiger partial charge in [0.1, 0.15) is 0 Å². The lowest BCUT2D eigenvalue weighted by molar-refractivity contribution is 0.274. The topological polar surface area (TPSA) is 12.0 Å². The molecule has 1 N–H and O–H groups in total. The minimum absolute atomic E-state index is 0.242. The fraction of sp³-hybridized carbons (Fsp3) is 0.846. The van der Waals surface area contributed by atoms with Crippen LogP contribution < -0.4 is 5.32 Å². The molecule has 0 rings (SSSR count). The summed E-state index contributed by atoms with van der Waals surface area (Å²) in [7, 11) is 0. The highest BCUT2D eigenvalue weighted by molar-refractivity contribution is 5.12. The Hall–Kier alpha value is -0.300. The van der Waals surface area contributed by atoms with Crippen LogP contribution in [0.15, 0.2) is 12.2 Å². The zero-order valence-corrected chi connectivity index (χ0v) is 10.9. The number of hydrogen-bond donors (Lipinski definition) is 1. The lowest BCUT2D eigenvalue weighted by atomic mass is 9.79. The van der Waals surface area contributed by atoms with Gasteiger partial charge in [-0.1, -0.05) is 60.6 Å². The minimum atomic E-state index is 0.242. The van der Waals surface area contributed by atoms with Crippen LogP contribution in [0.5, 0.6) is 0 Å². The Morgan fingerprint density at radius 2 is 1.50 bits per heavy atom. The lowest BCUT2D eigenvalue weighted by Gasteiger charge is -2.36. The van der Waals surface area contributed by atoms with Gasteiger partial charge in [0.05, 0.1) is 0 Å². The van der Waals surface area contributed by atoms with Crippen molar-refractivity contribution >= 4 is 0 Å². The Balaban J connectivity index is 4.65. The maximum absolute atomic E-state index is 4.21. The van der Waals surface area contributed by atoms with Gasteiger partial charge < -0.3 is 5.32 Å². The van der Waals surface area contributed by atoms with Gasteiger partial charge in [0.25, 0.3) is 0 Å². The SMILES string of the molecule is C=C(C(C)C)[C@@H](NC(C)C)C(C)(C)C. The van der Waals surface area contributed by atoms with Crippen LogP contribution in [0.3, 0.4) is 0 Å². The molecular weight excluding hydrogens is 170 g/mol. The predicted octanol–water partition coefficient (Wildman–Crippen LogP) is 3.61. The fourth-order valence-electron chi connectivity index (χ4n) is 1.58. The van der Waals surface area contributed by atoms with E-state index in [4.69, 9.17) is 0 Å². The summed E-state index contributed by atoms with van der Waals surface area (Å²) in [6.45, 7) is 19.8. The average Bonchev–Trinajstić information content (AvgIpc) is 1.96. The second-order valence-corrected chi connectivity index (χ2v) is 5.85. The van der Waals surface area contributed by atoms with E-state index in [2.05, 4.69) is 60.4 Å². The summed E-state index contributed by atoms with van der Waals surface area (Å²) >= 11 is 0. The average molecular weight is 197 g/mol. The van der Waals surface area contributed by atoms with Crippen molar-refractivity contribution in [3.8, 4) is 0 Å². The van der Waals surface area contributed by atoms with Crippen molar-refractivity contribution in [2.45, 2.75) is 60.5 Å². The molecule has 14 heavy (non-hydrogen) atoms. The first-order chi connectivity index (χ1) is 6.16. The summed E-state index contributed by atoms with van der Waals surface area (Å²) in [5.41, 5.74) is 1.55. The molecule has 84 valence electrons. The van der Waals surface area contributed by atoms with Crippen molar-refractivity contribution in [1.82, 2.24) is 5.32 Å². The monoisotopic (exact) mass is 197 g/mol. The zero-order chi connectivity index (χ0) is 11.5. The molecule has 0 spiro atoms. The Morgan fingerprint density at radius 1 is 1.07 bits per heavy atom. The van der Waals surface area contributed by atoms with Gasteiger partial charge in [-0.3, -0.25) is 0 Å². The number of nitrogens with one attached hydrogen (secondary N) is 1. The molecule has 0 aliphatic carbocycles. The van der Waals surface area contributed by atoms with Gasteiger partial charge in [-0.2, -0.15) is 0 Å². The summed E-state index contributed by atoms with van der Waals surface area (Å²) in [4.78, 5) is 0. The van der Waals surface area contributed by atoms with Gasteiger partial charge in [-0.15, -0.1) is 0 Å². The first-order valence-corrected chi connectivity index (χ1v) is 5.61. The molecule has 0 unspecified atom stereocenters. The molecule has 1 heteroatoms. The van der Waals surface area contributed by atoms with Gasteiger partial charge in [0.2, 0.25) is 0 Å². The third-order valence-electron chi connectivity index (χ3n) is 2.48. The standard InChI is InChI=1S/C13H27N/c1-9(2)11(5)12(13(6,7)8)14-10(3)4/h9-10,12,14H,5H2,1-4,6-8H3/t12-/m1/s1. The lowest BCUT2D eigenvalue weighted by Crippen LogP contribution is -2.45. The largest absolute Gasteiger partial charge is 0.308 e. The molecule has 0 aliphatic rings. The first kappa shape index (κ1) is 13.7. The first-order valence-electron chi connectivity index (χ1n) is 5.61. The maximum atomic E-state index is 4.21. The Bertz CT molecular complexity index is 184. The summed E-state index contributed by atoms with van der Waals surface area (Å²) in [5.74, 6) is 0.547. The van der Waals surface area contributed by atoms with Crippen LogP contribution in [0.25, 0.3) is 0 Å². The van der Waals surface area contributed by atoms with E-state index in [1.54, 1.807) is 0 Å². The summed E-state index contributed by atoms with van der Waals surface area (Å²) in [6.07, 6.45) is 0. The molecule has 1 atom stereocenters. The van der Waals surface area contributed by atoms with Gasteiger partial charge in [0, 0.05) is 12.1 Å². The normalized spacial score (nSPS) is 14.9. The quantitative estimate of drug-likeness (QED) is 0.679. The van der Waals surface area contributed by atoms with Crippen LogP contribution in [0, 0.1) is 11.3 Å². The van der Waals surface area contributed by atoms with Gasteiger partial charge in [0.15, 0.2) is 0 Å². The Kier molecular flexibility index (Phi) is 4.87. The molecule has 0 radical (unpaired) electrons. The van der Waals surface area contributed by atoms with E-state index in [9.17, 15) is 0 Å². The smallest absolute Gasteiger partial charge is 0.0330 e. The molecule has 0 fully saturated rings. The molecule has 0 amide bonds.